The highest BCUT2D eigenvalue weighted by Crippen LogP contribution is 2.24. The van der Waals surface area contributed by atoms with Crippen LogP contribution in [0.3, 0.4) is 0 Å². The van der Waals surface area contributed by atoms with Gasteiger partial charge < -0.3 is 15.4 Å². The van der Waals surface area contributed by atoms with Crippen molar-refractivity contribution >= 4 is 23.6 Å². The molecule has 1 aromatic carbocycles. The fourth-order valence-corrected chi connectivity index (χ4v) is 2.80. The van der Waals surface area contributed by atoms with Crippen LogP contribution in [-0.2, 0) is 9.53 Å². The van der Waals surface area contributed by atoms with Crippen LogP contribution in [0.15, 0.2) is 18.2 Å². The van der Waals surface area contributed by atoms with E-state index in [1.54, 1.807) is 7.11 Å². The van der Waals surface area contributed by atoms with Gasteiger partial charge in [0.05, 0.1) is 11.1 Å². The van der Waals surface area contributed by atoms with Crippen LogP contribution in [0.5, 0.6) is 0 Å². The van der Waals surface area contributed by atoms with Gasteiger partial charge in [0.25, 0.3) is 17.7 Å². The molecular weight excluding hydrogens is 350 g/mol. The maximum Gasteiger partial charge on any atom is 0.261 e. The minimum Gasteiger partial charge on any atom is -0.385 e. The van der Waals surface area contributed by atoms with Crippen LogP contribution in [0.2, 0.25) is 0 Å². The summed E-state index contributed by atoms with van der Waals surface area (Å²) in [4.78, 5) is 49.6. The molecule has 0 fully saturated rings. The van der Waals surface area contributed by atoms with Crippen molar-refractivity contribution in [2.24, 2.45) is 0 Å². The highest BCUT2D eigenvalue weighted by molar-refractivity contribution is 6.22. The quantitative estimate of drug-likeness (QED) is 0.468. The molecule has 8 nitrogen and oxygen atoms in total. The smallest absolute Gasteiger partial charge is 0.261 e. The summed E-state index contributed by atoms with van der Waals surface area (Å²) in [6.07, 6.45) is 1.78. The first-order chi connectivity index (χ1) is 13.0. The molecule has 27 heavy (non-hydrogen) atoms. The van der Waals surface area contributed by atoms with Crippen LogP contribution < -0.4 is 10.6 Å². The number of ether oxygens (including phenoxy) is 1. The first-order valence-corrected chi connectivity index (χ1v) is 9.03. The lowest BCUT2D eigenvalue weighted by Gasteiger charge is -2.12. The minimum absolute atomic E-state index is 0.0537. The van der Waals surface area contributed by atoms with E-state index >= 15 is 0 Å². The molecule has 0 radical (unpaired) electrons. The largest absolute Gasteiger partial charge is 0.385 e. The van der Waals surface area contributed by atoms with Crippen molar-refractivity contribution in [1.29, 1.82) is 0 Å². The lowest BCUT2D eigenvalue weighted by atomic mass is 10.1. The fourth-order valence-electron chi connectivity index (χ4n) is 2.80. The van der Waals surface area contributed by atoms with Gasteiger partial charge in [-0.15, -0.1) is 0 Å². The predicted molar refractivity (Wildman–Crippen MR) is 98.6 cm³/mol. The zero-order chi connectivity index (χ0) is 19.8. The number of fused-ring (bicyclic) bond motifs is 1. The van der Waals surface area contributed by atoms with Crippen LogP contribution in [0, 0.1) is 0 Å². The lowest BCUT2D eigenvalue weighted by Crippen LogP contribution is -2.34. The molecule has 2 N–H and O–H groups in total. The third-order valence-electron chi connectivity index (χ3n) is 4.17. The number of methoxy groups -OCH3 is 1. The summed E-state index contributed by atoms with van der Waals surface area (Å²) in [7, 11) is 1.56. The Balaban J connectivity index is 1.94. The average molecular weight is 375 g/mol. The zero-order valence-electron chi connectivity index (χ0n) is 15.7. The molecule has 0 saturated heterocycles. The van der Waals surface area contributed by atoms with E-state index < -0.39 is 5.91 Å². The Morgan fingerprint density at radius 2 is 1.78 bits per heavy atom. The van der Waals surface area contributed by atoms with E-state index in [0.29, 0.717) is 37.1 Å². The Kier molecular flexibility index (Phi) is 7.48. The Bertz CT molecular complexity index is 732. The lowest BCUT2D eigenvalue weighted by molar-refractivity contribution is -0.121. The summed E-state index contributed by atoms with van der Waals surface area (Å²) in [6.45, 7) is 3.26. The second-order valence-electron chi connectivity index (χ2n) is 6.22. The van der Waals surface area contributed by atoms with Gasteiger partial charge in [-0.3, -0.25) is 24.1 Å². The van der Waals surface area contributed by atoms with Crippen LogP contribution in [0.25, 0.3) is 0 Å². The first-order valence-electron chi connectivity index (χ1n) is 9.03. The van der Waals surface area contributed by atoms with Gasteiger partial charge in [0, 0.05) is 45.3 Å². The Morgan fingerprint density at radius 3 is 2.48 bits per heavy atom. The van der Waals surface area contributed by atoms with Gasteiger partial charge in [-0.05, 0) is 31.0 Å². The highest BCUT2D eigenvalue weighted by atomic mass is 16.5. The van der Waals surface area contributed by atoms with Crippen LogP contribution >= 0.6 is 0 Å². The number of nitrogens with one attached hydrogen (secondary N) is 2. The maximum atomic E-state index is 12.5. The van der Waals surface area contributed by atoms with E-state index in [0.717, 1.165) is 6.42 Å². The van der Waals surface area contributed by atoms with Gasteiger partial charge in [0.1, 0.15) is 0 Å². The van der Waals surface area contributed by atoms with Crippen molar-refractivity contribution in [2.75, 3.05) is 33.4 Å². The Labute approximate surface area is 158 Å². The molecule has 0 spiro atoms. The second kappa shape index (κ2) is 9.82. The SMILES string of the molecule is CCCC(=O)NCCNC(=O)c1ccc2c(c1)C(=O)N(CCCOC)C2=O. The van der Waals surface area contributed by atoms with Gasteiger partial charge in [-0.2, -0.15) is 0 Å². The predicted octanol–water partition coefficient (Wildman–Crippen LogP) is 0.965. The third kappa shape index (κ3) is 5.13. The molecule has 146 valence electrons. The number of hydrogen-bond acceptors (Lipinski definition) is 5. The summed E-state index contributed by atoms with van der Waals surface area (Å²) in [6, 6.07) is 4.47. The average Bonchev–Trinajstić information content (AvgIpc) is 2.90. The van der Waals surface area contributed by atoms with E-state index in [2.05, 4.69) is 10.6 Å². The van der Waals surface area contributed by atoms with E-state index in [1.165, 1.54) is 23.1 Å². The first kappa shape index (κ1) is 20.6. The standard InChI is InChI=1S/C19H25N3O5/c1-3-5-16(23)20-8-9-21-17(24)13-6-7-14-15(12-13)19(26)22(18(14)25)10-4-11-27-2/h6-7,12H,3-5,8-11H2,1-2H3,(H,20,23)(H,21,24). The molecule has 1 heterocycles. The minimum atomic E-state index is -0.396. The number of imide groups is 1. The summed E-state index contributed by atoms with van der Waals surface area (Å²) >= 11 is 0. The molecule has 1 aliphatic rings. The number of nitrogens with zero attached hydrogens (tertiary/aromatic N) is 1. The van der Waals surface area contributed by atoms with E-state index in [1.807, 2.05) is 6.92 Å². The fraction of sp³-hybridized carbons (Fsp3) is 0.474. The van der Waals surface area contributed by atoms with Crippen molar-refractivity contribution < 1.29 is 23.9 Å². The molecular formula is C19H25N3O5. The summed E-state index contributed by atoms with van der Waals surface area (Å²) in [5.41, 5.74) is 0.843. The highest BCUT2D eigenvalue weighted by Gasteiger charge is 2.35. The third-order valence-corrected chi connectivity index (χ3v) is 4.17. The van der Waals surface area contributed by atoms with Gasteiger partial charge in [0.15, 0.2) is 0 Å². The number of benzene rings is 1. The number of carbonyl (C=O) groups excluding carboxylic acids is 4. The molecule has 4 amide bonds. The van der Waals surface area contributed by atoms with Crippen LogP contribution in [0.4, 0.5) is 0 Å². The summed E-state index contributed by atoms with van der Waals surface area (Å²) in [5.74, 6) is -1.16. The van der Waals surface area contributed by atoms with Crippen molar-refractivity contribution in [3.05, 3.63) is 34.9 Å². The van der Waals surface area contributed by atoms with Crippen LogP contribution in [-0.4, -0.2) is 61.9 Å². The second-order valence-corrected chi connectivity index (χ2v) is 6.22. The van der Waals surface area contributed by atoms with Gasteiger partial charge in [-0.25, -0.2) is 0 Å². The molecule has 0 bridgehead atoms. The molecule has 0 saturated carbocycles. The molecule has 0 unspecified atom stereocenters. The molecule has 0 aromatic heterocycles. The molecule has 2 rings (SSSR count). The summed E-state index contributed by atoms with van der Waals surface area (Å²) in [5, 5.41) is 5.39. The van der Waals surface area contributed by atoms with E-state index in [-0.39, 0.29) is 36.4 Å². The van der Waals surface area contributed by atoms with Crippen LogP contribution in [0.1, 0.15) is 57.3 Å². The Hall–Kier alpha value is -2.74. The molecule has 8 heteroatoms. The zero-order valence-corrected chi connectivity index (χ0v) is 15.7. The molecule has 1 aliphatic heterocycles. The normalized spacial score (nSPS) is 12.9. The van der Waals surface area contributed by atoms with Gasteiger partial charge in [0.2, 0.25) is 5.91 Å². The molecule has 0 atom stereocenters. The molecule has 1 aromatic rings. The van der Waals surface area contributed by atoms with E-state index in [9.17, 15) is 19.2 Å². The Morgan fingerprint density at radius 1 is 1.07 bits per heavy atom. The van der Waals surface area contributed by atoms with Crippen molar-refractivity contribution in [3.8, 4) is 0 Å². The summed E-state index contributed by atoms with van der Waals surface area (Å²) < 4.78 is 4.95. The van der Waals surface area contributed by atoms with Gasteiger partial charge in [-0.1, -0.05) is 6.92 Å². The van der Waals surface area contributed by atoms with Crippen molar-refractivity contribution in [1.82, 2.24) is 15.5 Å². The maximum absolute atomic E-state index is 12.5. The number of amides is 4. The van der Waals surface area contributed by atoms with Crippen molar-refractivity contribution in [2.45, 2.75) is 26.2 Å². The number of hydrogen-bond donors (Lipinski definition) is 2. The topological polar surface area (TPSA) is 105 Å². The number of rotatable bonds is 10. The monoisotopic (exact) mass is 375 g/mol. The number of carbonyl (C=O) groups is 4. The van der Waals surface area contributed by atoms with Crippen molar-refractivity contribution in [3.63, 3.8) is 0 Å². The molecule has 0 aliphatic carbocycles. The van der Waals surface area contributed by atoms with E-state index in [4.69, 9.17) is 4.74 Å². The van der Waals surface area contributed by atoms with Gasteiger partial charge >= 0.3 is 0 Å².